The van der Waals surface area contributed by atoms with Crippen molar-refractivity contribution in [1.82, 2.24) is 5.32 Å². The Kier molecular flexibility index (Phi) is 5.40. The molecule has 1 atom stereocenters. The summed E-state index contributed by atoms with van der Waals surface area (Å²) in [5.41, 5.74) is 0.765. The molecule has 1 aromatic rings. The average Bonchev–Trinajstić information content (AvgIpc) is 2.52. The van der Waals surface area contributed by atoms with Crippen molar-refractivity contribution in [3.05, 3.63) is 19.9 Å². The Morgan fingerprint density at radius 1 is 1.79 bits per heavy atom. The quantitative estimate of drug-likeness (QED) is 0.623. The third-order valence-electron chi connectivity index (χ3n) is 1.75. The van der Waals surface area contributed by atoms with Gasteiger partial charge in [0.1, 0.15) is 0 Å². The molecule has 1 rings (SSSR count). The van der Waals surface area contributed by atoms with Gasteiger partial charge < -0.3 is 5.32 Å². The van der Waals surface area contributed by atoms with Gasteiger partial charge in [0.15, 0.2) is 0 Å². The highest BCUT2D eigenvalue weighted by molar-refractivity contribution is 14.1. The van der Waals surface area contributed by atoms with Gasteiger partial charge in [-0.1, -0.05) is 15.9 Å². The Hall–Kier alpha value is 0.380. The first kappa shape index (κ1) is 12.4. The number of alkyl halides is 1. The Labute approximate surface area is 110 Å². The predicted octanol–water partition coefficient (Wildman–Crippen LogP) is 3.26. The summed E-state index contributed by atoms with van der Waals surface area (Å²) in [7, 11) is 0. The molecule has 0 radical (unpaired) electrons. The molecular formula is C9H11BrINOS. The van der Waals surface area contributed by atoms with E-state index in [1.165, 1.54) is 0 Å². The lowest BCUT2D eigenvalue weighted by Gasteiger charge is -2.11. The molecule has 1 amide bonds. The predicted molar refractivity (Wildman–Crippen MR) is 72.4 cm³/mol. The third kappa shape index (κ3) is 3.86. The molecule has 1 N–H and O–H groups in total. The molecule has 0 aromatic carbocycles. The van der Waals surface area contributed by atoms with E-state index in [2.05, 4.69) is 43.8 Å². The van der Waals surface area contributed by atoms with Crippen molar-refractivity contribution in [2.45, 2.75) is 19.4 Å². The first-order chi connectivity index (χ1) is 6.63. The van der Waals surface area contributed by atoms with Crippen LogP contribution < -0.4 is 5.32 Å². The molecule has 0 saturated heterocycles. The summed E-state index contributed by atoms with van der Waals surface area (Å²) in [5, 5.41) is 5.74. The van der Waals surface area contributed by atoms with Crippen molar-refractivity contribution in [1.29, 1.82) is 0 Å². The number of hydrogen-bond acceptors (Lipinski definition) is 2. The van der Waals surface area contributed by atoms with Crippen LogP contribution in [-0.2, 0) is 0 Å². The summed E-state index contributed by atoms with van der Waals surface area (Å²) in [6.45, 7) is 2.01. The van der Waals surface area contributed by atoms with Crippen LogP contribution >= 0.6 is 49.9 Å². The van der Waals surface area contributed by atoms with Crippen LogP contribution in [0.15, 0.2) is 11.4 Å². The zero-order chi connectivity index (χ0) is 10.6. The van der Waals surface area contributed by atoms with Gasteiger partial charge in [0, 0.05) is 16.8 Å². The molecule has 1 unspecified atom stereocenters. The highest BCUT2D eigenvalue weighted by atomic mass is 127. The lowest BCUT2D eigenvalue weighted by atomic mass is 10.2. The van der Waals surface area contributed by atoms with E-state index in [4.69, 9.17) is 0 Å². The highest BCUT2D eigenvalue weighted by Gasteiger charge is 2.10. The molecule has 0 bridgehead atoms. The first-order valence-corrected chi connectivity index (χ1v) is 7.32. The van der Waals surface area contributed by atoms with Crippen LogP contribution in [0.4, 0.5) is 0 Å². The normalized spacial score (nSPS) is 12.5. The fraction of sp³-hybridized carbons (Fsp3) is 0.444. The molecule has 0 aliphatic heterocycles. The van der Waals surface area contributed by atoms with Crippen LogP contribution in [-0.4, -0.2) is 17.3 Å². The second kappa shape index (κ2) is 6.07. The minimum absolute atomic E-state index is 0.0256. The maximum absolute atomic E-state index is 11.6. The Balaban J connectivity index is 2.50. The van der Waals surface area contributed by atoms with Gasteiger partial charge in [-0.2, -0.15) is 0 Å². The third-order valence-corrected chi connectivity index (χ3v) is 4.00. The molecule has 0 aliphatic rings. The number of hydrogen-bond donors (Lipinski definition) is 1. The second-order valence-electron chi connectivity index (χ2n) is 2.99. The summed E-state index contributed by atoms with van der Waals surface area (Å²) in [6.07, 6.45) is 0.951. The van der Waals surface area contributed by atoms with E-state index in [1.807, 2.05) is 18.4 Å². The minimum atomic E-state index is 0.0256. The van der Waals surface area contributed by atoms with E-state index in [1.54, 1.807) is 11.3 Å². The average molecular weight is 388 g/mol. The number of carbonyl (C=O) groups excluding carboxylic acids is 1. The van der Waals surface area contributed by atoms with Crippen LogP contribution in [0.5, 0.6) is 0 Å². The van der Waals surface area contributed by atoms with E-state index < -0.39 is 0 Å². The fourth-order valence-corrected chi connectivity index (χ4v) is 2.99. The highest BCUT2D eigenvalue weighted by Crippen LogP contribution is 2.16. The van der Waals surface area contributed by atoms with E-state index in [0.29, 0.717) is 0 Å². The van der Waals surface area contributed by atoms with Crippen molar-refractivity contribution in [2.75, 3.05) is 5.33 Å². The molecule has 1 aromatic heterocycles. The second-order valence-corrected chi connectivity index (χ2v) is 6.59. The van der Waals surface area contributed by atoms with E-state index >= 15 is 0 Å². The summed E-state index contributed by atoms with van der Waals surface area (Å²) in [4.78, 5) is 11.6. The van der Waals surface area contributed by atoms with Gasteiger partial charge in [0.25, 0.3) is 5.91 Å². The van der Waals surface area contributed by atoms with Gasteiger partial charge >= 0.3 is 0 Å². The molecule has 0 saturated carbocycles. The van der Waals surface area contributed by atoms with Crippen LogP contribution in [0.3, 0.4) is 0 Å². The van der Waals surface area contributed by atoms with Gasteiger partial charge in [-0.15, -0.1) is 11.3 Å². The van der Waals surface area contributed by atoms with Crippen molar-refractivity contribution >= 4 is 55.8 Å². The standard InChI is InChI=1S/C9H11BrINOS/c1-6(2-3-10)12-9(13)7-4-8(11)14-5-7/h4-6H,2-3H2,1H3,(H,12,13). The molecule has 5 heteroatoms. The maximum Gasteiger partial charge on any atom is 0.252 e. The summed E-state index contributed by atoms with van der Waals surface area (Å²) in [6, 6.07) is 2.13. The monoisotopic (exact) mass is 387 g/mol. The molecule has 0 aliphatic carbocycles. The Morgan fingerprint density at radius 2 is 2.50 bits per heavy atom. The Morgan fingerprint density at radius 3 is 3.00 bits per heavy atom. The van der Waals surface area contributed by atoms with Crippen molar-refractivity contribution in [2.24, 2.45) is 0 Å². The lowest BCUT2D eigenvalue weighted by Crippen LogP contribution is -2.32. The van der Waals surface area contributed by atoms with Gasteiger partial charge in [0.05, 0.1) is 8.45 Å². The van der Waals surface area contributed by atoms with Crippen LogP contribution in [0.2, 0.25) is 0 Å². The summed E-state index contributed by atoms with van der Waals surface area (Å²) >= 11 is 7.15. The number of amides is 1. The van der Waals surface area contributed by atoms with Crippen molar-refractivity contribution in [3.8, 4) is 0 Å². The molecule has 0 spiro atoms. The first-order valence-electron chi connectivity index (χ1n) is 4.24. The van der Waals surface area contributed by atoms with Gasteiger partial charge in [-0.05, 0) is 42.0 Å². The van der Waals surface area contributed by atoms with Crippen LogP contribution in [0.1, 0.15) is 23.7 Å². The van der Waals surface area contributed by atoms with Gasteiger partial charge in [0.2, 0.25) is 0 Å². The molecule has 78 valence electrons. The maximum atomic E-state index is 11.6. The molecule has 1 heterocycles. The Bertz CT molecular complexity index is 316. The number of rotatable bonds is 4. The smallest absolute Gasteiger partial charge is 0.252 e. The van der Waals surface area contributed by atoms with Crippen LogP contribution in [0.25, 0.3) is 0 Å². The number of thiophene rings is 1. The number of carbonyl (C=O) groups is 1. The summed E-state index contributed by atoms with van der Waals surface area (Å²) in [5.74, 6) is 0.0256. The largest absolute Gasteiger partial charge is 0.350 e. The lowest BCUT2D eigenvalue weighted by molar-refractivity contribution is 0.0940. The van der Waals surface area contributed by atoms with E-state index in [0.717, 1.165) is 20.2 Å². The summed E-state index contributed by atoms with van der Waals surface area (Å²) < 4.78 is 1.14. The molecule has 0 fully saturated rings. The zero-order valence-electron chi connectivity index (χ0n) is 7.72. The van der Waals surface area contributed by atoms with Crippen molar-refractivity contribution < 1.29 is 4.79 Å². The van der Waals surface area contributed by atoms with Gasteiger partial charge in [-0.25, -0.2) is 0 Å². The topological polar surface area (TPSA) is 29.1 Å². The van der Waals surface area contributed by atoms with Gasteiger partial charge in [-0.3, -0.25) is 4.79 Å². The van der Waals surface area contributed by atoms with E-state index in [9.17, 15) is 4.79 Å². The minimum Gasteiger partial charge on any atom is -0.350 e. The fourth-order valence-electron chi connectivity index (χ4n) is 0.972. The number of nitrogens with one attached hydrogen (secondary N) is 1. The molecular weight excluding hydrogens is 377 g/mol. The number of halogens is 2. The van der Waals surface area contributed by atoms with Crippen LogP contribution in [0, 0.1) is 2.88 Å². The van der Waals surface area contributed by atoms with Crippen molar-refractivity contribution in [3.63, 3.8) is 0 Å². The molecule has 2 nitrogen and oxygen atoms in total. The van der Waals surface area contributed by atoms with E-state index in [-0.39, 0.29) is 11.9 Å². The zero-order valence-corrected chi connectivity index (χ0v) is 12.3. The molecule has 14 heavy (non-hydrogen) atoms. The SMILES string of the molecule is CC(CCBr)NC(=O)c1csc(I)c1.